The van der Waals surface area contributed by atoms with Crippen molar-refractivity contribution in [2.24, 2.45) is 0 Å². The lowest BCUT2D eigenvalue weighted by atomic mass is 9.98. The van der Waals surface area contributed by atoms with Crippen LogP contribution in [0.25, 0.3) is 0 Å². The summed E-state index contributed by atoms with van der Waals surface area (Å²) in [6.07, 6.45) is 3.43. The monoisotopic (exact) mass is 370 g/mol. The third-order valence-electron chi connectivity index (χ3n) is 5.74. The van der Waals surface area contributed by atoms with Gasteiger partial charge in [-0.3, -0.25) is 14.4 Å². The van der Waals surface area contributed by atoms with Crippen molar-refractivity contribution in [1.82, 2.24) is 19.6 Å². The highest BCUT2D eigenvalue weighted by Crippen LogP contribution is 2.31. The minimum Gasteiger partial charge on any atom is -0.337 e. The summed E-state index contributed by atoms with van der Waals surface area (Å²) in [5.74, 6) is -0.140. The number of carbonyl (C=O) groups is 1. The van der Waals surface area contributed by atoms with Crippen LogP contribution in [0.2, 0.25) is 0 Å². The Morgan fingerprint density at radius 2 is 1.78 bits per heavy atom. The highest BCUT2D eigenvalue weighted by Gasteiger charge is 2.39. The van der Waals surface area contributed by atoms with Gasteiger partial charge in [-0.1, -0.05) is 18.6 Å². The molecule has 2 aliphatic rings. The number of piperidine rings is 1. The summed E-state index contributed by atoms with van der Waals surface area (Å²) < 4.78 is 15.4. The van der Waals surface area contributed by atoms with Crippen LogP contribution in [0, 0.1) is 19.7 Å². The fraction of sp³-hybridized carbons (Fsp3) is 0.524. The van der Waals surface area contributed by atoms with Gasteiger partial charge in [-0.2, -0.15) is 5.10 Å². The predicted octanol–water partition coefficient (Wildman–Crippen LogP) is 3.25. The first-order chi connectivity index (χ1) is 13.0. The second-order valence-corrected chi connectivity index (χ2v) is 7.82. The van der Waals surface area contributed by atoms with E-state index < -0.39 is 0 Å². The summed E-state index contributed by atoms with van der Waals surface area (Å²) in [5, 5.41) is 4.56. The van der Waals surface area contributed by atoms with Crippen LogP contribution in [-0.4, -0.2) is 51.7 Å². The van der Waals surface area contributed by atoms with Gasteiger partial charge in [0.05, 0.1) is 11.7 Å². The first-order valence-electron chi connectivity index (χ1n) is 9.84. The molecule has 1 aromatic heterocycles. The Labute approximate surface area is 159 Å². The van der Waals surface area contributed by atoms with E-state index in [2.05, 4.69) is 23.0 Å². The number of rotatable bonds is 4. The second kappa shape index (κ2) is 7.43. The van der Waals surface area contributed by atoms with E-state index in [1.54, 1.807) is 12.1 Å². The van der Waals surface area contributed by atoms with Gasteiger partial charge in [0, 0.05) is 18.8 Å². The van der Waals surface area contributed by atoms with E-state index in [1.165, 1.54) is 18.6 Å². The maximum Gasteiger partial charge on any atom is 0.244 e. The van der Waals surface area contributed by atoms with Crippen molar-refractivity contribution in [3.05, 3.63) is 53.1 Å². The van der Waals surface area contributed by atoms with Crippen molar-refractivity contribution in [2.45, 2.75) is 45.2 Å². The number of aryl methyl sites for hydroxylation is 2. The summed E-state index contributed by atoms with van der Waals surface area (Å²) in [5.41, 5.74) is 3.03. The topological polar surface area (TPSA) is 41.4 Å². The lowest BCUT2D eigenvalue weighted by Gasteiger charge is -2.44. The van der Waals surface area contributed by atoms with Crippen molar-refractivity contribution in [3.63, 3.8) is 0 Å². The van der Waals surface area contributed by atoms with Crippen LogP contribution in [0.5, 0.6) is 0 Å². The van der Waals surface area contributed by atoms with Gasteiger partial charge in [-0.25, -0.2) is 4.39 Å². The van der Waals surface area contributed by atoms with Gasteiger partial charge in [-0.15, -0.1) is 0 Å². The molecule has 1 atom stereocenters. The molecule has 0 aliphatic carbocycles. The Bertz CT molecular complexity index is 804. The van der Waals surface area contributed by atoms with E-state index in [1.807, 2.05) is 16.5 Å². The zero-order chi connectivity index (χ0) is 19.0. The summed E-state index contributed by atoms with van der Waals surface area (Å²) in [6.45, 7) is 7.26. The van der Waals surface area contributed by atoms with Crippen molar-refractivity contribution in [1.29, 1.82) is 0 Å². The largest absolute Gasteiger partial charge is 0.337 e. The molecular weight excluding hydrogens is 343 g/mol. The lowest BCUT2D eigenvalue weighted by molar-refractivity contribution is -0.144. The van der Waals surface area contributed by atoms with Gasteiger partial charge < -0.3 is 4.90 Å². The molecule has 0 saturated carbocycles. The molecule has 1 amide bonds. The van der Waals surface area contributed by atoms with Crippen LogP contribution >= 0.6 is 0 Å². The minimum atomic E-state index is -0.313. The minimum absolute atomic E-state index is 0.126. The van der Waals surface area contributed by atoms with E-state index in [9.17, 15) is 9.18 Å². The lowest BCUT2D eigenvalue weighted by Crippen LogP contribution is -2.55. The van der Waals surface area contributed by atoms with Gasteiger partial charge >= 0.3 is 0 Å². The normalized spacial score (nSPS) is 19.7. The molecule has 2 fully saturated rings. The molecule has 3 heterocycles. The predicted molar refractivity (Wildman–Crippen MR) is 102 cm³/mol. The first-order valence-corrected chi connectivity index (χ1v) is 9.84. The quantitative estimate of drug-likeness (QED) is 0.830. The third-order valence-corrected chi connectivity index (χ3v) is 5.74. The second-order valence-electron chi connectivity index (χ2n) is 7.82. The zero-order valence-electron chi connectivity index (χ0n) is 16.1. The molecule has 2 aromatic rings. The van der Waals surface area contributed by atoms with Crippen molar-refractivity contribution >= 4 is 5.91 Å². The maximum atomic E-state index is 13.4. The Balaban J connectivity index is 1.51. The van der Waals surface area contributed by atoms with E-state index >= 15 is 0 Å². The summed E-state index contributed by atoms with van der Waals surface area (Å²) in [6, 6.07) is 8.42. The smallest absolute Gasteiger partial charge is 0.244 e. The van der Waals surface area contributed by atoms with Crippen LogP contribution in [-0.2, 0) is 4.79 Å². The average molecular weight is 370 g/mol. The van der Waals surface area contributed by atoms with Crippen molar-refractivity contribution in [2.75, 3.05) is 26.2 Å². The number of halogens is 1. The van der Waals surface area contributed by atoms with Gasteiger partial charge in [0.15, 0.2) is 0 Å². The number of hydrogen-bond donors (Lipinski definition) is 0. The SMILES string of the molecule is Cc1cc(C)n(C2CN(C(=O)[C@@H](c3ccc(F)cc3)N3CCCCC3)C2)n1. The van der Waals surface area contributed by atoms with Gasteiger partial charge in [0.1, 0.15) is 11.9 Å². The number of carbonyl (C=O) groups excluding carboxylic acids is 1. The number of amides is 1. The Morgan fingerprint density at radius 1 is 1.11 bits per heavy atom. The fourth-order valence-electron chi connectivity index (χ4n) is 4.31. The molecule has 0 unspecified atom stereocenters. The summed E-state index contributed by atoms with van der Waals surface area (Å²) in [4.78, 5) is 17.5. The van der Waals surface area contributed by atoms with Crippen LogP contribution in [0.3, 0.4) is 0 Å². The van der Waals surface area contributed by atoms with Gasteiger partial charge in [-0.05, 0) is 63.5 Å². The molecule has 0 bridgehead atoms. The van der Waals surface area contributed by atoms with E-state index in [0.29, 0.717) is 13.1 Å². The molecule has 144 valence electrons. The van der Waals surface area contributed by atoms with Crippen molar-refractivity contribution < 1.29 is 9.18 Å². The Hall–Kier alpha value is -2.21. The van der Waals surface area contributed by atoms with Crippen LogP contribution in [0.4, 0.5) is 4.39 Å². The molecular formula is C21H27FN4O. The Kier molecular flexibility index (Phi) is 5.00. The van der Waals surface area contributed by atoms with E-state index in [0.717, 1.165) is 42.9 Å². The molecule has 2 aliphatic heterocycles. The van der Waals surface area contributed by atoms with E-state index in [4.69, 9.17) is 0 Å². The summed E-state index contributed by atoms with van der Waals surface area (Å²) >= 11 is 0. The Morgan fingerprint density at radius 3 is 2.37 bits per heavy atom. The molecule has 6 heteroatoms. The van der Waals surface area contributed by atoms with E-state index in [-0.39, 0.29) is 23.8 Å². The highest BCUT2D eigenvalue weighted by molar-refractivity contribution is 5.84. The molecule has 0 N–H and O–H groups in total. The van der Waals surface area contributed by atoms with Crippen LogP contribution < -0.4 is 0 Å². The zero-order valence-corrected chi connectivity index (χ0v) is 16.1. The molecule has 0 radical (unpaired) electrons. The molecule has 4 rings (SSSR count). The van der Waals surface area contributed by atoms with Crippen molar-refractivity contribution in [3.8, 4) is 0 Å². The maximum absolute atomic E-state index is 13.4. The summed E-state index contributed by atoms with van der Waals surface area (Å²) in [7, 11) is 0. The number of hydrogen-bond acceptors (Lipinski definition) is 3. The molecule has 1 aromatic carbocycles. The molecule has 2 saturated heterocycles. The third kappa shape index (κ3) is 3.63. The van der Waals surface area contributed by atoms with Gasteiger partial charge in [0.25, 0.3) is 0 Å². The number of likely N-dealkylation sites (tertiary alicyclic amines) is 2. The standard InChI is InChI=1S/C21H27FN4O/c1-15-12-16(2)26(23-15)19-13-25(14-19)21(27)20(24-10-4-3-5-11-24)17-6-8-18(22)9-7-17/h6-9,12,19-20H,3-5,10-11,13-14H2,1-2H3/t20-/m1/s1. The fourth-order valence-corrected chi connectivity index (χ4v) is 4.31. The van der Waals surface area contributed by atoms with Crippen LogP contribution in [0.15, 0.2) is 30.3 Å². The highest BCUT2D eigenvalue weighted by atomic mass is 19.1. The number of benzene rings is 1. The van der Waals surface area contributed by atoms with Crippen LogP contribution in [0.1, 0.15) is 48.3 Å². The first kappa shape index (κ1) is 18.2. The molecule has 0 spiro atoms. The van der Waals surface area contributed by atoms with Gasteiger partial charge in [0.2, 0.25) is 5.91 Å². The molecule has 5 nitrogen and oxygen atoms in total. The number of aromatic nitrogens is 2. The molecule has 27 heavy (non-hydrogen) atoms. The average Bonchev–Trinajstić information content (AvgIpc) is 2.95. The number of nitrogens with zero attached hydrogens (tertiary/aromatic N) is 4.